The molecular weight excluding hydrogens is 232 g/mol. The van der Waals surface area contributed by atoms with Crippen molar-refractivity contribution >= 4 is 11.9 Å². The van der Waals surface area contributed by atoms with E-state index in [4.69, 9.17) is 9.47 Å². The maximum absolute atomic E-state index is 11.5. The first-order valence-corrected chi connectivity index (χ1v) is 6.04. The number of benzene rings is 1. The number of aryl methyl sites for hydroxylation is 1. The Morgan fingerprint density at radius 2 is 1.89 bits per heavy atom. The van der Waals surface area contributed by atoms with Crippen molar-refractivity contribution in [3.05, 3.63) is 29.8 Å². The third kappa shape index (κ3) is 5.48. The number of ether oxygens (including phenoxy) is 2. The van der Waals surface area contributed by atoms with Crippen LogP contribution in [-0.2, 0) is 14.3 Å². The van der Waals surface area contributed by atoms with E-state index in [1.807, 2.05) is 26.0 Å². The van der Waals surface area contributed by atoms with Crippen LogP contribution in [0.5, 0.6) is 5.75 Å². The molecule has 4 nitrogen and oxygen atoms in total. The standard InChI is InChI=1S/C14H18O4/c1-3-9-17-13(15)7-8-14(16)18-12-6-4-5-11(2)10-12/h4-6,10H,3,7-9H2,1-2H3. The fraction of sp³-hybridized carbons (Fsp3) is 0.429. The Hall–Kier alpha value is -1.84. The van der Waals surface area contributed by atoms with E-state index in [2.05, 4.69) is 0 Å². The molecular formula is C14H18O4. The number of esters is 2. The Morgan fingerprint density at radius 3 is 2.56 bits per heavy atom. The normalized spacial score (nSPS) is 9.89. The third-order valence-electron chi connectivity index (χ3n) is 2.22. The molecule has 0 saturated heterocycles. The smallest absolute Gasteiger partial charge is 0.311 e. The molecule has 0 radical (unpaired) electrons. The van der Waals surface area contributed by atoms with Crippen LogP contribution in [0.4, 0.5) is 0 Å². The second-order valence-corrected chi connectivity index (χ2v) is 4.01. The Balaban J connectivity index is 2.31. The molecule has 0 aliphatic carbocycles. The van der Waals surface area contributed by atoms with E-state index in [9.17, 15) is 9.59 Å². The van der Waals surface area contributed by atoms with Crippen LogP contribution in [0, 0.1) is 6.92 Å². The topological polar surface area (TPSA) is 52.6 Å². The number of rotatable bonds is 6. The van der Waals surface area contributed by atoms with E-state index in [0.29, 0.717) is 12.4 Å². The van der Waals surface area contributed by atoms with Crippen LogP contribution in [0.2, 0.25) is 0 Å². The van der Waals surface area contributed by atoms with Crippen LogP contribution in [0.1, 0.15) is 31.7 Å². The highest BCUT2D eigenvalue weighted by molar-refractivity contribution is 5.79. The summed E-state index contributed by atoms with van der Waals surface area (Å²) in [7, 11) is 0. The zero-order valence-electron chi connectivity index (χ0n) is 10.8. The van der Waals surface area contributed by atoms with Gasteiger partial charge in [-0.15, -0.1) is 0 Å². The zero-order valence-corrected chi connectivity index (χ0v) is 10.8. The SMILES string of the molecule is CCCOC(=O)CCC(=O)Oc1cccc(C)c1. The second-order valence-electron chi connectivity index (χ2n) is 4.01. The molecule has 1 rings (SSSR count). The summed E-state index contributed by atoms with van der Waals surface area (Å²) in [4.78, 5) is 22.7. The van der Waals surface area contributed by atoms with E-state index >= 15 is 0 Å². The Labute approximate surface area is 107 Å². The molecule has 0 spiro atoms. The molecule has 0 saturated carbocycles. The van der Waals surface area contributed by atoms with Crippen LogP contribution >= 0.6 is 0 Å². The van der Waals surface area contributed by atoms with Gasteiger partial charge in [0.05, 0.1) is 19.4 Å². The number of hydrogen-bond acceptors (Lipinski definition) is 4. The first-order chi connectivity index (χ1) is 8.61. The predicted molar refractivity (Wildman–Crippen MR) is 67.3 cm³/mol. The summed E-state index contributed by atoms with van der Waals surface area (Å²) < 4.78 is 9.97. The van der Waals surface area contributed by atoms with E-state index in [0.717, 1.165) is 12.0 Å². The van der Waals surface area contributed by atoms with E-state index in [1.54, 1.807) is 12.1 Å². The van der Waals surface area contributed by atoms with Gasteiger partial charge in [-0.3, -0.25) is 9.59 Å². The largest absolute Gasteiger partial charge is 0.466 e. The average Bonchev–Trinajstić information content (AvgIpc) is 2.34. The van der Waals surface area contributed by atoms with Crippen LogP contribution in [0.15, 0.2) is 24.3 Å². The zero-order chi connectivity index (χ0) is 13.4. The van der Waals surface area contributed by atoms with Crippen molar-refractivity contribution in [3.63, 3.8) is 0 Å². The minimum atomic E-state index is -0.422. The summed E-state index contributed by atoms with van der Waals surface area (Å²) in [6.07, 6.45) is 0.876. The molecule has 0 bridgehead atoms. The minimum Gasteiger partial charge on any atom is -0.466 e. The molecule has 0 N–H and O–H groups in total. The number of carbonyl (C=O) groups excluding carboxylic acids is 2. The lowest BCUT2D eigenvalue weighted by Gasteiger charge is -2.05. The molecule has 0 aromatic heterocycles. The van der Waals surface area contributed by atoms with Gasteiger partial charge >= 0.3 is 11.9 Å². The minimum absolute atomic E-state index is 0.0382. The maximum Gasteiger partial charge on any atom is 0.311 e. The molecule has 18 heavy (non-hydrogen) atoms. The van der Waals surface area contributed by atoms with Gasteiger partial charge in [-0.2, -0.15) is 0 Å². The van der Waals surface area contributed by atoms with Crippen molar-refractivity contribution in [2.24, 2.45) is 0 Å². The quantitative estimate of drug-likeness (QED) is 0.575. The molecule has 0 amide bonds. The molecule has 0 aliphatic heterocycles. The third-order valence-corrected chi connectivity index (χ3v) is 2.22. The second kappa shape index (κ2) is 7.48. The molecule has 0 heterocycles. The number of hydrogen-bond donors (Lipinski definition) is 0. The highest BCUT2D eigenvalue weighted by Gasteiger charge is 2.09. The Kier molecular flexibility index (Phi) is 5.91. The molecule has 1 aromatic rings. The predicted octanol–water partition coefficient (Wildman–Crippen LogP) is 2.63. The Bertz CT molecular complexity index is 412. The van der Waals surface area contributed by atoms with Gasteiger partial charge in [-0.25, -0.2) is 0 Å². The van der Waals surface area contributed by atoms with Crippen LogP contribution in [0.25, 0.3) is 0 Å². The summed E-state index contributed by atoms with van der Waals surface area (Å²) in [5.74, 6) is -0.283. The summed E-state index contributed by atoms with van der Waals surface area (Å²) in [5.41, 5.74) is 1.02. The van der Waals surface area contributed by atoms with Gasteiger partial charge in [0.15, 0.2) is 0 Å². The van der Waals surface area contributed by atoms with Crippen molar-refractivity contribution in [3.8, 4) is 5.75 Å². The van der Waals surface area contributed by atoms with E-state index in [1.165, 1.54) is 0 Å². The molecule has 0 aliphatic rings. The Morgan fingerprint density at radius 1 is 1.17 bits per heavy atom. The highest BCUT2D eigenvalue weighted by Crippen LogP contribution is 2.13. The van der Waals surface area contributed by atoms with Gasteiger partial charge < -0.3 is 9.47 Å². The first-order valence-electron chi connectivity index (χ1n) is 6.04. The average molecular weight is 250 g/mol. The molecule has 0 fully saturated rings. The van der Waals surface area contributed by atoms with Gasteiger partial charge in [-0.1, -0.05) is 19.1 Å². The van der Waals surface area contributed by atoms with Gasteiger partial charge in [0, 0.05) is 0 Å². The van der Waals surface area contributed by atoms with Crippen molar-refractivity contribution in [1.82, 2.24) is 0 Å². The lowest BCUT2D eigenvalue weighted by Crippen LogP contribution is -2.12. The van der Waals surface area contributed by atoms with Crippen molar-refractivity contribution in [2.75, 3.05) is 6.61 Å². The van der Waals surface area contributed by atoms with Gasteiger partial charge in [-0.05, 0) is 31.0 Å². The molecule has 98 valence electrons. The fourth-order valence-electron chi connectivity index (χ4n) is 1.35. The van der Waals surface area contributed by atoms with Crippen LogP contribution < -0.4 is 4.74 Å². The lowest BCUT2D eigenvalue weighted by atomic mass is 10.2. The van der Waals surface area contributed by atoms with Crippen molar-refractivity contribution in [1.29, 1.82) is 0 Å². The molecule has 0 unspecified atom stereocenters. The fourth-order valence-corrected chi connectivity index (χ4v) is 1.35. The van der Waals surface area contributed by atoms with Crippen LogP contribution in [0.3, 0.4) is 0 Å². The maximum atomic E-state index is 11.5. The van der Waals surface area contributed by atoms with Crippen molar-refractivity contribution in [2.45, 2.75) is 33.1 Å². The number of carbonyl (C=O) groups is 2. The van der Waals surface area contributed by atoms with Gasteiger partial charge in [0.25, 0.3) is 0 Å². The summed E-state index contributed by atoms with van der Waals surface area (Å²) in [5, 5.41) is 0. The highest BCUT2D eigenvalue weighted by atomic mass is 16.5. The monoisotopic (exact) mass is 250 g/mol. The first kappa shape index (κ1) is 14.2. The summed E-state index contributed by atoms with van der Waals surface area (Å²) >= 11 is 0. The van der Waals surface area contributed by atoms with Gasteiger partial charge in [0.2, 0.25) is 0 Å². The summed E-state index contributed by atoms with van der Waals surface area (Å²) in [6, 6.07) is 7.21. The van der Waals surface area contributed by atoms with Gasteiger partial charge in [0.1, 0.15) is 5.75 Å². The lowest BCUT2D eigenvalue weighted by molar-refractivity contribution is -0.146. The van der Waals surface area contributed by atoms with E-state index in [-0.39, 0.29) is 18.8 Å². The van der Waals surface area contributed by atoms with Crippen molar-refractivity contribution < 1.29 is 19.1 Å². The van der Waals surface area contributed by atoms with E-state index < -0.39 is 5.97 Å². The van der Waals surface area contributed by atoms with Crippen LogP contribution in [-0.4, -0.2) is 18.5 Å². The molecule has 4 heteroatoms. The summed E-state index contributed by atoms with van der Waals surface area (Å²) in [6.45, 7) is 4.23. The molecule has 0 atom stereocenters. The molecule has 1 aromatic carbocycles.